The molecule has 4 nitrogen and oxygen atoms in total. The zero-order valence-corrected chi connectivity index (χ0v) is 11.4. The van der Waals surface area contributed by atoms with E-state index in [0.29, 0.717) is 19.4 Å². The SMILES string of the molecule is CN(Cc1ccc(N(C)C)cc1)C(=O)CCCO. The maximum atomic E-state index is 11.7. The Labute approximate surface area is 109 Å². The lowest BCUT2D eigenvalue weighted by molar-refractivity contribution is -0.130. The van der Waals surface area contributed by atoms with Gasteiger partial charge in [0, 0.05) is 46.4 Å². The lowest BCUT2D eigenvalue weighted by Gasteiger charge is -2.18. The Morgan fingerprint density at radius 2 is 1.78 bits per heavy atom. The molecule has 0 saturated heterocycles. The number of anilines is 1. The molecule has 1 amide bonds. The van der Waals surface area contributed by atoms with Gasteiger partial charge in [-0.15, -0.1) is 0 Å². The number of carbonyl (C=O) groups excluding carboxylic acids is 1. The van der Waals surface area contributed by atoms with Crippen LogP contribution in [0.2, 0.25) is 0 Å². The summed E-state index contributed by atoms with van der Waals surface area (Å²) in [5.74, 6) is 0.0701. The molecule has 0 aliphatic carbocycles. The quantitative estimate of drug-likeness (QED) is 0.831. The van der Waals surface area contributed by atoms with Gasteiger partial charge in [0.1, 0.15) is 0 Å². The zero-order chi connectivity index (χ0) is 13.5. The summed E-state index contributed by atoms with van der Waals surface area (Å²) in [7, 11) is 5.79. The minimum absolute atomic E-state index is 0.0666. The van der Waals surface area contributed by atoms with Crippen LogP contribution in [0.25, 0.3) is 0 Å². The number of nitrogens with zero attached hydrogens (tertiary/aromatic N) is 2. The van der Waals surface area contributed by atoms with Crippen molar-refractivity contribution < 1.29 is 9.90 Å². The molecule has 0 unspecified atom stereocenters. The fourth-order valence-corrected chi connectivity index (χ4v) is 1.68. The molecule has 1 N–H and O–H groups in total. The third-order valence-electron chi connectivity index (χ3n) is 2.85. The highest BCUT2D eigenvalue weighted by Gasteiger charge is 2.08. The molecule has 1 aromatic carbocycles. The summed E-state index contributed by atoms with van der Waals surface area (Å²) in [6.07, 6.45) is 0.936. The van der Waals surface area contributed by atoms with Gasteiger partial charge in [0.15, 0.2) is 0 Å². The predicted octanol–water partition coefficient (Wildman–Crippen LogP) is 1.48. The van der Waals surface area contributed by atoms with Crippen molar-refractivity contribution in [2.24, 2.45) is 0 Å². The molecule has 1 rings (SSSR count). The molecule has 0 bridgehead atoms. The summed E-state index contributed by atoms with van der Waals surface area (Å²) < 4.78 is 0. The molecule has 0 fully saturated rings. The van der Waals surface area contributed by atoms with E-state index in [-0.39, 0.29) is 12.5 Å². The lowest BCUT2D eigenvalue weighted by atomic mass is 10.2. The van der Waals surface area contributed by atoms with E-state index in [9.17, 15) is 4.79 Å². The van der Waals surface area contributed by atoms with Gasteiger partial charge in [-0.1, -0.05) is 12.1 Å². The van der Waals surface area contributed by atoms with Crippen LogP contribution >= 0.6 is 0 Å². The first-order chi connectivity index (χ1) is 8.54. The molecule has 0 aliphatic heterocycles. The molecule has 0 spiro atoms. The fraction of sp³-hybridized carbons (Fsp3) is 0.500. The molecule has 0 aliphatic rings. The van der Waals surface area contributed by atoms with Crippen molar-refractivity contribution in [1.29, 1.82) is 0 Å². The van der Waals surface area contributed by atoms with Crippen molar-refractivity contribution >= 4 is 11.6 Å². The van der Waals surface area contributed by atoms with Crippen molar-refractivity contribution in [3.05, 3.63) is 29.8 Å². The summed E-state index contributed by atoms with van der Waals surface area (Å²) in [5, 5.41) is 8.69. The van der Waals surface area contributed by atoms with Gasteiger partial charge >= 0.3 is 0 Å². The van der Waals surface area contributed by atoms with E-state index in [2.05, 4.69) is 0 Å². The van der Waals surface area contributed by atoms with Gasteiger partial charge in [0.25, 0.3) is 0 Å². The molecular formula is C14H22N2O2. The van der Waals surface area contributed by atoms with Crippen LogP contribution in [0.3, 0.4) is 0 Å². The number of hydrogen-bond acceptors (Lipinski definition) is 3. The van der Waals surface area contributed by atoms with Crippen LogP contribution in [0, 0.1) is 0 Å². The molecular weight excluding hydrogens is 228 g/mol. The molecule has 0 atom stereocenters. The molecule has 0 radical (unpaired) electrons. The summed E-state index contributed by atoms with van der Waals surface area (Å²) in [6.45, 7) is 0.676. The van der Waals surface area contributed by atoms with E-state index in [1.54, 1.807) is 11.9 Å². The van der Waals surface area contributed by atoms with Gasteiger partial charge in [-0.25, -0.2) is 0 Å². The van der Waals surface area contributed by atoms with Gasteiger partial charge in [-0.3, -0.25) is 4.79 Å². The summed E-state index contributed by atoms with van der Waals surface area (Å²) in [4.78, 5) is 15.4. The summed E-state index contributed by atoms with van der Waals surface area (Å²) in [6, 6.07) is 8.15. The van der Waals surface area contributed by atoms with Gasteiger partial charge < -0.3 is 14.9 Å². The second kappa shape index (κ2) is 7.01. The smallest absolute Gasteiger partial charge is 0.222 e. The van der Waals surface area contributed by atoms with Crippen LogP contribution < -0.4 is 4.90 Å². The van der Waals surface area contributed by atoms with Crippen LogP contribution in [-0.2, 0) is 11.3 Å². The normalized spacial score (nSPS) is 10.2. The first-order valence-corrected chi connectivity index (χ1v) is 6.15. The number of benzene rings is 1. The van der Waals surface area contributed by atoms with E-state index < -0.39 is 0 Å². The number of amides is 1. The van der Waals surface area contributed by atoms with Crippen LogP contribution in [0.4, 0.5) is 5.69 Å². The van der Waals surface area contributed by atoms with Gasteiger partial charge in [0.05, 0.1) is 0 Å². The molecule has 18 heavy (non-hydrogen) atoms. The molecule has 100 valence electrons. The number of rotatable bonds is 6. The van der Waals surface area contributed by atoms with Crippen LogP contribution in [0.5, 0.6) is 0 Å². The van der Waals surface area contributed by atoms with Crippen molar-refractivity contribution in [2.75, 3.05) is 32.6 Å². The maximum absolute atomic E-state index is 11.7. The van der Waals surface area contributed by atoms with E-state index in [1.807, 2.05) is 43.3 Å². The molecule has 0 heterocycles. The largest absolute Gasteiger partial charge is 0.396 e. The van der Waals surface area contributed by atoms with Crippen LogP contribution in [-0.4, -0.2) is 43.7 Å². The summed E-state index contributed by atoms with van der Waals surface area (Å²) >= 11 is 0. The lowest BCUT2D eigenvalue weighted by Crippen LogP contribution is -2.26. The average molecular weight is 250 g/mol. The van der Waals surface area contributed by atoms with Crippen molar-refractivity contribution in [2.45, 2.75) is 19.4 Å². The Hall–Kier alpha value is -1.55. The minimum atomic E-state index is 0.0666. The Kier molecular flexibility index (Phi) is 5.65. The Morgan fingerprint density at radius 3 is 2.28 bits per heavy atom. The zero-order valence-electron chi connectivity index (χ0n) is 11.4. The van der Waals surface area contributed by atoms with Crippen molar-refractivity contribution in [3.63, 3.8) is 0 Å². The Morgan fingerprint density at radius 1 is 1.17 bits per heavy atom. The van der Waals surface area contributed by atoms with E-state index in [0.717, 1.165) is 11.3 Å². The Balaban J connectivity index is 2.53. The van der Waals surface area contributed by atoms with Gasteiger partial charge in [0.2, 0.25) is 5.91 Å². The third kappa shape index (κ3) is 4.37. The Bertz CT molecular complexity index is 374. The van der Waals surface area contributed by atoms with Gasteiger partial charge in [-0.05, 0) is 24.1 Å². The topological polar surface area (TPSA) is 43.8 Å². The molecule has 0 saturated carbocycles. The highest BCUT2D eigenvalue weighted by atomic mass is 16.3. The van der Waals surface area contributed by atoms with E-state index in [1.165, 1.54) is 0 Å². The highest BCUT2D eigenvalue weighted by molar-refractivity contribution is 5.75. The number of hydrogen-bond donors (Lipinski definition) is 1. The monoisotopic (exact) mass is 250 g/mol. The molecule has 0 aromatic heterocycles. The average Bonchev–Trinajstić information content (AvgIpc) is 2.36. The van der Waals surface area contributed by atoms with Crippen LogP contribution in [0.15, 0.2) is 24.3 Å². The maximum Gasteiger partial charge on any atom is 0.222 e. The first kappa shape index (κ1) is 14.5. The van der Waals surface area contributed by atoms with Crippen LogP contribution in [0.1, 0.15) is 18.4 Å². The second-order valence-electron chi connectivity index (χ2n) is 4.64. The molecule has 1 aromatic rings. The number of aliphatic hydroxyl groups excluding tert-OH is 1. The standard InChI is InChI=1S/C14H22N2O2/c1-15(2)13-8-6-12(7-9-13)11-16(3)14(18)5-4-10-17/h6-9,17H,4-5,10-11H2,1-3H3. The minimum Gasteiger partial charge on any atom is -0.396 e. The van der Waals surface area contributed by atoms with Gasteiger partial charge in [-0.2, -0.15) is 0 Å². The predicted molar refractivity (Wildman–Crippen MR) is 73.6 cm³/mol. The van der Waals surface area contributed by atoms with Crippen molar-refractivity contribution in [3.8, 4) is 0 Å². The number of carbonyl (C=O) groups is 1. The third-order valence-corrected chi connectivity index (χ3v) is 2.85. The first-order valence-electron chi connectivity index (χ1n) is 6.15. The second-order valence-corrected chi connectivity index (χ2v) is 4.64. The van der Waals surface area contributed by atoms with Crippen molar-refractivity contribution in [1.82, 2.24) is 4.90 Å². The molecule has 4 heteroatoms. The van der Waals surface area contributed by atoms with E-state index in [4.69, 9.17) is 5.11 Å². The fourth-order valence-electron chi connectivity index (χ4n) is 1.68. The van der Waals surface area contributed by atoms with E-state index >= 15 is 0 Å². The summed E-state index contributed by atoms with van der Waals surface area (Å²) in [5.41, 5.74) is 2.26. The number of aliphatic hydroxyl groups is 1. The highest BCUT2D eigenvalue weighted by Crippen LogP contribution is 2.13.